The van der Waals surface area contributed by atoms with Crippen molar-refractivity contribution in [2.24, 2.45) is 0 Å². The molecule has 0 aromatic carbocycles. The van der Waals surface area contributed by atoms with Gasteiger partial charge in [-0.2, -0.15) is 0 Å². The predicted molar refractivity (Wildman–Crippen MR) is 124 cm³/mol. The third kappa shape index (κ3) is 22.4. The minimum Gasteiger partial charge on any atom is -0.481 e. The van der Waals surface area contributed by atoms with Gasteiger partial charge < -0.3 is 20.6 Å². The van der Waals surface area contributed by atoms with Gasteiger partial charge in [-0.15, -0.1) is 0 Å². The standard InChI is InChI=1S/C20H32O4.C4H10N2/c1-2-3-4-5-6-7-8-9-10-11-12-13-14-16-19(24-23)17-15-18-20(21)22;1-2-6-4-3-5-1/h7-10,12-13,16,23H,2-6,11,14-15,17-18H2,1H3,(H,21,22);5-6H,1-4H2. The average molecular weight is 423 g/mol. The monoisotopic (exact) mass is 422 g/mol. The van der Waals surface area contributed by atoms with Crippen LogP contribution < -0.4 is 10.6 Å². The van der Waals surface area contributed by atoms with Crippen LogP contribution in [0.15, 0.2) is 48.3 Å². The highest BCUT2D eigenvalue weighted by atomic mass is 17.1. The molecule has 0 saturated carbocycles. The molecular weight excluding hydrogens is 380 g/mol. The second-order valence-corrected chi connectivity index (χ2v) is 7.16. The number of unbranched alkanes of at least 4 members (excludes halogenated alkanes) is 4. The maximum absolute atomic E-state index is 10.4. The summed E-state index contributed by atoms with van der Waals surface area (Å²) in [6.07, 6.45) is 23.1. The van der Waals surface area contributed by atoms with Crippen LogP contribution in [0.1, 0.15) is 71.1 Å². The highest BCUT2D eigenvalue weighted by Crippen LogP contribution is 2.09. The maximum Gasteiger partial charge on any atom is 0.303 e. The molecule has 0 radical (unpaired) electrons. The first kappa shape index (κ1) is 28.1. The zero-order valence-electron chi connectivity index (χ0n) is 18.7. The molecule has 172 valence electrons. The molecule has 6 heteroatoms. The molecule has 0 unspecified atom stereocenters. The van der Waals surface area contributed by atoms with E-state index in [0.29, 0.717) is 25.0 Å². The van der Waals surface area contributed by atoms with Gasteiger partial charge in [0, 0.05) is 39.0 Å². The lowest BCUT2D eigenvalue weighted by atomic mass is 10.1. The maximum atomic E-state index is 10.4. The highest BCUT2D eigenvalue weighted by Gasteiger charge is 2.01. The van der Waals surface area contributed by atoms with Gasteiger partial charge in [-0.3, -0.25) is 4.79 Å². The van der Waals surface area contributed by atoms with E-state index in [0.717, 1.165) is 39.0 Å². The smallest absolute Gasteiger partial charge is 0.303 e. The summed E-state index contributed by atoms with van der Waals surface area (Å²) in [7, 11) is 0. The quantitative estimate of drug-likeness (QED) is 0.0723. The number of carboxylic acid groups (broad SMARTS) is 1. The number of piperazine rings is 1. The number of hydrogen-bond donors (Lipinski definition) is 4. The van der Waals surface area contributed by atoms with Crippen LogP contribution in [0.25, 0.3) is 0 Å². The van der Waals surface area contributed by atoms with Crippen LogP contribution in [0.2, 0.25) is 0 Å². The molecule has 0 aliphatic carbocycles. The molecule has 30 heavy (non-hydrogen) atoms. The fourth-order valence-electron chi connectivity index (χ4n) is 2.69. The Morgan fingerprint density at radius 2 is 1.53 bits per heavy atom. The van der Waals surface area contributed by atoms with Crippen LogP contribution in [-0.4, -0.2) is 42.5 Å². The molecule has 1 rings (SSSR count). The number of nitrogens with one attached hydrogen (secondary N) is 2. The van der Waals surface area contributed by atoms with Gasteiger partial charge in [0.25, 0.3) is 0 Å². The molecule has 1 heterocycles. The molecule has 0 amide bonds. The zero-order chi connectivity index (χ0) is 22.1. The molecule has 1 aliphatic heterocycles. The number of allylic oxidation sites excluding steroid dienone is 8. The van der Waals surface area contributed by atoms with Crippen molar-refractivity contribution in [3.63, 3.8) is 0 Å². The first-order valence-electron chi connectivity index (χ1n) is 11.3. The SMILES string of the molecule is C1CNCCN1.CCCCCCC=CC=CCC=CCC=C(CCCC(=O)O)OO. The minimum atomic E-state index is -0.839. The van der Waals surface area contributed by atoms with Crippen LogP contribution in [0, 0.1) is 0 Å². The van der Waals surface area contributed by atoms with E-state index in [4.69, 9.17) is 10.4 Å². The van der Waals surface area contributed by atoms with E-state index >= 15 is 0 Å². The normalized spacial score (nSPS) is 14.9. The molecule has 0 atom stereocenters. The number of hydrogen-bond acceptors (Lipinski definition) is 5. The Hall–Kier alpha value is -1.89. The van der Waals surface area contributed by atoms with Gasteiger partial charge in [0.15, 0.2) is 0 Å². The molecule has 4 N–H and O–H groups in total. The van der Waals surface area contributed by atoms with Crippen molar-refractivity contribution in [1.29, 1.82) is 0 Å². The van der Waals surface area contributed by atoms with E-state index in [1.54, 1.807) is 6.08 Å². The zero-order valence-corrected chi connectivity index (χ0v) is 18.7. The van der Waals surface area contributed by atoms with Gasteiger partial charge in [0.2, 0.25) is 0 Å². The lowest BCUT2D eigenvalue weighted by Gasteiger charge is -2.11. The molecule has 0 spiro atoms. The van der Waals surface area contributed by atoms with Crippen molar-refractivity contribution in [3.05, 3.63) is 48.3 Å². The van der Waals surface area contributed by atoms with Crippen molar-refractivity contribution in [2.75, 3.05) is 26.2 Å². The van der Waals surface area contributed by atoms with E-state index in [1.807, 2.05) is 12.2 Å². The van der Waals surface area contributed by atoms with E-state index in [2.05, 4.69) is 46.7 Å². The average Bonchev–Trinajstić information content (AvgIpc) is 2.77. The van der Waals surface area contributed by atoms with Crippen LogP contribution in [0.5, 0.6) is 0 Å². The summed E-state index contributed by atoms with van der Waals surface area (Å²) < 4.78 is 0. The Balaban J connectivity index is 0.00000118. The first-order valence-corrected chi connectivity index (χ1v) is 11.3. The first-order chi connectivity index (χ1) is 14.7. The van der Waals surface area contributed by atoms with E-state index in [9.17, 15) is 4.79 Å². The molecule has 6 nitrogen and oxygen atoms in total. The van der Waals surface area contributed by atoms with Gasteiger partial charge in [0.1, 0.15) is 5.76 Å². The second-order valence-electron chi connectivity index (χ2n) is 7.16. The molecular formula is C24H42N2O4. The fraction of sp³-hybridized carbons (Fsp3) is 0.625. The van der Waals surface area contributed by atoms with Gasteiger partial charge in [-0.25, -0.2) is 5.26 Å². The second kappa shape index (κ2) is 23.4. The summed E-state index contributed by atoms with van der Waals surface area (Å²) in [5.41, 5.74) is 0. The Morgan fingerprint density at radius 1 is 0.867 bits per heavy atom. The number of carbonyl (C=O) groups is 1. The van der Waals surface area contributed by atoms with Crippen molar-refractivity contribution >= 4 is 5.97 Å². The van der Waals surface area contributed by atoms with Crippen molar-refractivity contribution in [2.45, 2.75) is 71.1 Å². The lowest BCUT2D eigenvalue weighted by Crippen LogP contribution is -2.39. The summed E-state index contributed by atoms with van der Waals surface area (Å²) in [6.45, 7) is 6.78. The molecule has 1 fully saturated rings. The van der Waals surface area contributed by atoms with Gasteiger partial charge in [-0.05, 0) is 38.2 Å². The summed E-state index contributed by atoms with van der Waals surface area (Å²) >= 11 is 0. The molecule has 0 aromatic heterocycles. The van der Waals surface area contributed by atoms with Crippen LogP contribution in [0.4, 0.5) is 0 Å². The summed E-state index contributed by atoms with van der Waals surface area (Å²) in [6, 6.07) is 0. The van der Waals surface area contributed by atoms with Crippen molar-refractivity contribution < 1.29 is 20.0 Å². The summed E-state index contributed by atoms with van der Waals surface area (Å²) in [5.74, 6) is -0.420. The third-order valence-corrected chi connectivity index (χ3v) is 4.42. The van der Waals surface area contributed by atoms with E-state index in [1.165, 1.54) is 25.7 Å². The molecule has 0 bridgehead atoms. The molecule has 1 saturated heterocycles. The third-order valence-electron chi connectivity index (χ3n) is 4.42. The fourth-order valence-corrected chi connectivity index (χ4v) is 2.69. The predicted octanol–water partition coefficient (Wildman–Crippen LogP) is 5.21. The number of rotatable bonds is 15. The van der Waals surface area contributed by atoms with Crippen molar-refractivity contribution in [3.8, 4) is 0 Å². The lowest BCUT2D eigenvalue weighted by molar-refractivity contribution is -0.206. The molecule has 0 aromatic rings. The van der Waals surface area contributed by atoms with Crippen molar-refractivity contribution in [1.82, 2.24) is 10.6 Å². The van der Waals surface area contributed by atoms with E-state index in [-0.39, 0.29) is 6.42 Å². The largest absolute Gasteiger partial charge is 0.481 e. The van der Waals surface area contributed by atoms with E-state index < -0.39 is 5.97 Å². The highest BCUT2D eigenvalue weighted by molar-refractivity contribution is 5.66. The van der Waals surface area contributed by atoms with Gasteiger partial charge >= 0.3 is 5.97 Å². The topological polar surface area (TPSA) is 90.8 Å². The minimum absolute atomic E-state index is 0.0768. The number of aliphatic carboxylic acids is 1. The Kier molecular flexibility index (Phi) is 21.9. The summed E-state index contributed by atoms with van der Waals surface area (Å²) in [4.78, 5) is 14.7. The van der Waals surface area contributed by atoms with Crippen LogP contribution in [-0.2, 0) is 9.68 Å². The Labute approximate surface area is 182 Å². The van der Waals surface area contributed by atoms with Gasteiger partial charge in [0.05, 0.1) is 0 Å². The number of carboxylic acids is 1. The van der Waals surface area contributed by atoms with Crippen LogP contribution >= 0.6 is 0 Å². The van der Waals surface area contributed by atoms with Gasteiger partial charge in [-0.1, -0.05) is 62.6 Å². The Bertz CT molecular complexity index is 498. The van der Waals surface area contributed by atoms with Crippen LogP contribution in [0.3, 0.4) is 0 Å². The Morgan fingerprint density at radius 3 is 2.13 bits per heavy atom. The molecule has 1 aliphatic rings. The summed E-state index contributed by atoms with van der Waals surface area (Å²) in [5, 5.41) is 23.7.